The maximum absolute atomic E-state index is 8.65. The van der Waals surface area contributed by atoms with Crippen LogP contribution in [0.1, 0.15) is 19.0 Å². The molecule has 3 rings (SSSR count). The molecular formula is C18H21O5P. The van der Waals surface area contributed by atoms with Gasteiger partial charge in [0.1, 0.15) is 0 Å². The Kier molecular flexibility index (Phi) is 4.15. The molecule has 2 aromatic rings. The SMILES string of the molecule is [2H]Oc1c(OC)cc([C@@H]2[C@@H]([2H])[C@H](O[2H])OC[P@]2c2ccccc2)cc1OC. The second-order valence-electron chi connectivity index (χ2n) is 5.36. The molecule has 0 aromatic heterocycles. The molecule has 0 saturated carbocycles. The van der Waals surface area contributed by atoms with Gasteiger partial charge in [0.25, 0.3) is 1.43 Å². The van der Waals surface area contributed by atoms with Crippen molar-refractivity contribution >= 4 is 13.2 Å². The van der Waals surface area contributed by atoms with E-state index < -0.39 is 20.6 Å². The van der Waals surface area contributed by atoms with Gasteiger partial charge in [0.15, 0.2) is 17.8 Å². The van der Waals surface area contributed by atoms with Gasteiger partial charge in [0.05, 0.1) is 20.6 Å². The number of aliphatic hydroxyl groups excluding tert-OH is 1. The summed E-state index contributed by atoms with van der Waals surface area (Å²) in [7, 11) is 2.07. The highest BCUT2D eigenvalue weighted by Crippen LogP contribution is 2.57. The fourth-order valence-corrected chi connectivity index (χ4v) is 5.11. The van der Waals surface area contributed by atoms with Gasteiger partial charge < -0.3 is 24.4 Å². The van der Waals surface area contributed by atoms with Crippen molar-refractivity contribution in [2.75, 3.05) is 20.6 Å². The Bertz CT molecular complexity index is 739. The van der Waals surface area contributed by atoms with Crippen LogP contribution in [0.15, 0.2) is 42.5 Å². The average Bonchev–Trinajstić information content (AvgIpc) is 2.72. The highest BCUT2D eigenvalue weighted by molar-refractivity contribution is 7.65. The Labute approximate surface area is 146 Å². The zero-order valence-corrected chi connectivity index (χ0v) is 14.4. The molecule has 1 aliphatic heterocycles. The summed E-state index contributed by atoms with van der Waals surface area (Å²) >= 11 is 0. The van der Waals surface area contributed by atoms with Crippen LogP contribution in [0.2, 0.25) is 0 Å². The number of aromatic hydroxyl groups is 1. The predicted octanol–water partition coefficient (Wildman–Crippen LogP) is 2.95. The van der Waals surface area contributed by atoms with Crippen LogP contribution in [0, 0.1) is 0 Å². The second kappa shape index (κ2) is 7.39. The van der Waals surface area contributed by atoms with Gasteiger partial charge in [-0.2, -0.15) is 0 Å². The fourth-order valence-electron chi connectivity index (χ4n) is 2.76. The number of methoxy groups -OCH3 is 2. The van der Waals surface area contributed by atoms with Gasteiger partial charge in [-0.25, -0.2) is 0 Å². The Hall–Kier alpha value is -1.81. The number of phenolic OH excluding ortho intramolecular Hbond substituents is 1. The molecule has 0 bridgehead atoms. The first-order valence-electron chi connectivity index (χ1n) is 8.90. The van der Waals surface area contributed by atoms with Gasteiger partial charge in [-0.3, -0.25) is 0 Å². The van der Waals surface area contributed by atoms with Crippen molar-refractivity contribution in [2.45, 2.75) is 18.3 Å². The van der Waals surface area contributed by atoms with Gasteiger partial charge in [0.2, 0.25) is 7.18 Å². The first-order valence-corrected chi connectivity index (χ1v) is 9.10. The first-order chi connectivity index (χ1) is 13.1. The third-order valence-electron chi connectivity index (χ3n) is 3.97. The molecule has 1 aliphatic rings. The minimum Gasteiger partial charge on any atom is -0.502 e. The van der Waals surface area contributed by atoms with E-state index in [4.69, 9.17) is 18.4 Å². The molecule has 0 amide bonds. The number of hydrogen-bond acceptors (Lipinski definition) is 5. The molecule has 0 radical (unpaired) electrons. The summed E-state index contributed by atoms with van der Waals surface area (Å²) in [5.74, 6) is 0.878. The molecule has 1 heterocycles. The van der Waals surface area contributed by atoms with Crippen molar-refractivity contribution in [1.82, 2.24) is 0 Å². The van der Waals surface area contributed by atoms with Gasteiger partial charge in [0, 0.05) is 13.4 Å². The average molecular weight is 351 g/mol. The lowest BCUT2D eigenvalue weighted by molar-refractivity contribution is -0.0928. The molecule has 4 atom stereocenters. The van der Waals surface area contributed by atoms with Crippen molar-refractivity contribution in [2.24, 2.45) is 0 Å². The normalized spacial score (nSPS) is 28.3. The Morgan fingerprint density at radius 1 is 1.21 bits per heavy atom. The highest BCUT2D eigenvalue weighted by atomic mass is 31.1. The van der Waals surface area contributed by atoms with Gasteiger partial charge in [-0.1, -0.05) is 30.3 Å². The van der Waals surface area contributed by atoms with E-state index in [1.54, 1.807) is 12.1 Å². The Balaban J connectivity index is 2.10. The number of phenols is 1. The molecule has 2 aromatic carbocycles. The summed E-state index contributed by atoms with van der Waals surface area (Å²) in [6.45, 7) is 0. The summed E-state index contributed by atoms with van der Waals surface area (Å²) in [4.78, 5) is 0. The molecule has 5 nitrogen and oxygen atoms in total. The quantitative estimate of drug-likeness (QED) is 0.783. The highest BCUT2D eigenvalue weighted by Gasteiger charge is 2.33. The van der Waals surface area contributed by atoms with E-state index in [1.807, 2.05) is 30.3 Å². The Morgan fingerprint density at radius 2 is 1.92 bits per heavy atom. The van der Waals surface area contributed by atoms with Crippen LogP contribution < -0.4 is 14.8 Å². The van der Waals surface area contributed by atoms with E-state index in [0.717, 1.165) is 10.9 Å². The van der Waals surface area contributed by atoms with Crippen molar-refractivity contribution in [1.29, 1.82) is 2.86 Å². The van der Waals surface area contributed by atoms with Gasteiger partial charge in [-0.05, 0) is 30.9 Å². The van der Waals surface area contributed by atoms with E-state index in [-0.39, 0.29) is 11.4 Å². The number of aliphatic hydroxyl groups is 1. The van der Waals surface area contributed by atoms with Crippen molar-refractivity contribution in [3.8, 4) is 17.2 Å². The molecule has 0 unspecified atom stereocenters. The van der Waals surface area contributed by atoms with Crippen LogP contribution in [0.25, 0.3) is 0 Å². The number of ether oxygens (including phenoxy) is 3. The summed E-state index contributed by atoms with van der Waals surface area (Å²) in [6, 6.07) is 13.4. The van der Waals surface area contributed by atoms with Crippen LogP contribution >= 0.6 is 7.92 Å². The lowest BCUT2D eigenvalue weighted by atomic mass is 10.1. The molecule has 6 heteroatoms. The van der Waals surface area contributed by atoms with Gasteiger partial charge in [-0.15, -0.1) is 0 Å². The monoisotopic (exact) mass is 351 g/mol. The molecule has 0 spiro atoms. The van der Waals surface area contributed by atoms with Crippen LogP contribution in [0.4, 0.5) is 0 Å². The van der Waals surface area contributed by atoms with Crippen molar-refractivity contribution in [3.63, 3.8) is 0 Å². The molecule has 1 fully saturated rings. The molecule has 1 saturated heterocycles. The lowest BCUT2D eigenvalue weighted by Crippen LogP contribution is -2.26. The predicted molar refractivity (Wildman–Crippen MR) is 93.5 cm³/mol. The zero-order chi connectivity index (χ0) is 19.4. The smallest absolute Gasteiger partial charge is 0.293 e. The largest absolute Gasteiger partial charge is 0.502 e. The summed E-state index contributed by atoms with van der Waals surface area (Å²) < 4.78 is 39.5. The summed E-state index contributed by atoms with van der Waals surface area (Å²) in [6.07, 6.45) is -1.37. The summed E-state index contributed by atoms with van der Waals surface area (Å²) in [5.41, 5.74) is 0.527. The Morgan fingerprint density at radius 3 is 2.50 bits per heavy atom. The third-order valence-corrected chi connectivity index (χ3v) is 6.50. The number of rotatable bonds is 6. The number of hydrogen-bond donors (Lipinski definition) is 2. The van der Waals surface area contributed by atoms with Crippen LogP contribution in [0.3, 0.4) is 0 Å². The molecule has 24 heavy (non-hydrogen) atoms. The topological polar surface area (TPSA) is 68.2 Å². The molecular weight excluding hydrogens is 327 g/mol. The number of benzene rings is 2. The third kappa shape index (κ3) is 3.34. The van der Waals surface area contributed by atoms with Crippen molar-refractivity contribution in [3.05, 3.63) is 48.0 Å². The van der Waals surface area contributed by atoms with E-state index in [2.05, 4.69) is 10.2 Å². The van der Waals surface area contributed by atoms with E-state index in [1.165, 1.54) is 14.2 Å². The zero-order valence-electron chi connectivity index (χ0n) is 16.5. The lowest BCUT2D eigenvalue weighted by Gasteiger charge is -2.35. The van der Waals surface area contributed by atoms with Crippen LogP contribution in [0.5, 0.6) is 17.2 Å². The maximum atomic E-state index is 8.65. The molecule has 2 N–H and O–H groups in total. The standard InChI is InChI=1S/C18H21O5P/c1-21-14-8-12(9-15(22-2)18(14)20)16-10-17(19)23-11-24(16)13-6-4-3-5-7-13/h3-9,16-17,19-20H,10-11H2,1-2H3/t16-,17+,24+/m0/s1/i10D,19D/hD/t10-,16+,17-,24-/m1. The van der Waals surface area contributed by atoms with Crippen LogP contribution in [-0.4, -0.2) is 39.9 Å². The molecule has 0 aliphatic carbocycles. The van der Waals surface area contributed by atoms with Gasteiger partial charge >= 0.3 is 0 Å². The first kappa shape index (κ1) is 13.5. The van der Waals surface area contributed by atoms with Crippen molar-refractivity contribution < 1.29 is 25.8 Å². The fraction of sp³-hybridized carbons (Fsp3) is 0.333. The summed E-state index contributed by atoms with van der Waals surface area (Å²) in [5, 5.41) is 10.4. The van der Waals surface area contributed by atoms with E-state index >= 15 is 0 Å². The van der Waals surface area contributed by atoms with E-state index in [9.17, 15) is 0 Å². The minimum absolute atomic E-state index is 0.176. The van der Waals surface area contributed by atoms with E-state index in [0.29, 0.717) is 17.8 Å². The van der Waals surface area contributed by atoms with Crippen LogP contribution in [-0.2, 0) is 4.74 Å². The second-order valence-corrected chi connectivity index (χ2v) is 7.63. The maximum Gasteiger partial charge on any atom is 0.293 e. The minimum atomic E-state index is -0.943. The molecule has 128 valence electrons.